The molecule has 0 aliphatic carbocycles. The third kappa shape index (κ3) is 5.57. The van der Waals surface area contributed by atoms with Gasteiger partial charge in [-0.2, -0.15) is 13.2 Å². The number of thioether (sulfide) groups is 1. The third-order valence-electron chi connectivity index (χ3n) is 7.24. The quantitative estimate of drug-likeness (QED) is 0.264. The zero-order valence-electron chi connectivity index (χ0n) is 22.7. The Morgan fingerprint density at radius 1 is 0.977 bits per heavy atom. The van der Waals surface area contributed by atoms with Crippen molar-refractivity contribution in [1.82, 2.24) is 4.98 Å². The van der Waals surface area contributed by atoms with Crippen LogP contribution >= 0.6 is 23.1 Å². The number of ether oxygens (including phenoxy) is 2. The summed E-state index contributed by atoms with van der Waals surface area (Å²) in [5.41, 5.74) is 0.170. The van der Waals surface area contributed by atoms with E-state index in [-0.39, 0.29) is 22.4 Å². The largest absolute Gasteiger partial charge is 0.497 e. The first-order valence-electron chi connectivity index (χ1n) is 13.1. The van der Waals surface area contributed by atoms with Gasteiger partial charge in [0, 0.05) is 16.5 Å². The van der Waals surface area contributed by atoms with Gasteiger partial charge >= 0.3 is 11.0 Å². The highest BCUT2D eigenvalue weighted by Gasteiger charge is 2.56. The minimum absolute atomic E-state index is 0.0192. The SMILES string of the molecule is COc1ccc(N2C(=O)[C@H]3[C@H](c4ccc(OCC(=O)Nc5cccc(C(F)(F)F)c5)cc4)c4sc(=O)[nH]c4S[C@H]3C2=O)cc1. The molecule has 226 valence electrons. The highest BCUT2D eigenvalue weighted by Crippen LogP contribution is 2.53. The van der Waals surface area contributed by atoms with Crippen LogP contribution in [0.2, 0.25) is 0 Å². The van der Waals surface area contributed by atoms with Gasteiger partial charge in [0.1, 0.15) is 16.7 Å². The number of amides is 3. The summed E-state index contributed by atoms with van der Waals surface area (Å²) < 4.78 is 49.6. The van der Waals surface area contributed by atoms with Crippen LogP contribution in [-0.2, 0) is 20.6 Å². The molecule has 2 aliphatic heterocycles. The van der Waals surface area contributed by atoms with Gasteiger partial charge in [-0.3, -0.25) is 19.2 Å². The van der Waals surface area contributed by atoms with Crippen LogP contribution < -0.4 is 24.6 Å². The molecule has 3 atom stereocenters. The Morgan fingerprint density at radius 2 is 1.68 bits per heavy atom. The molecular formula is C30H22F3N3O6S2. The van der Waals surface area contributed by atoms with Crippen molar-refractivity contribution < 1.29 is 37.0 Å². The maximum atomic E-state index is 13.8. The topological polar surface area (TPSA) is 118 Å². The number of anilines is 2. The molecular weight excluding hydrogens is 619 g/mol. The molecule has 2 aliphatic rings. The summed E-state index contributed by atoms with van der Waals surface area (Å²) >= 11 is 2.15. The predicted molar refractivity (Wildman–Crippen MR) is 157 cm³/mol. The molecule has 6 rings (SSSR count). The Bertz CT molecular complexity index is 1800. The summed E-state index contributed by atoms with van der Waals surface area (Å²) in [5.74, 6) is -1.93. The lowest BCUT2D eigenvalue weighted by Crippen LogP contribution is -2.32. The van der Waals surface area contributed by atoms with Crippen molar-refractivity contribution in [2.45, 2.75) is 22.4 Å². The van der Waals surface area contributed by atoms with E-state index in [9.17, 15) is 32.3 Å². The van der Waals surface area contributed by atoms with E-state index in [0.29, 0.717) is 32.7 Å². The number of benzene rings is 3. The molecule has 0 bridgehead atoms. The number of imide groups is 1. The van der Waals surface area contributed by atoms with Gasteiger partial charge in [-0.25, -0.2) is 4.90 Å². The first kappa shape index (κ1) is 29.5. The van der Waals surface area contributed by atoms with E-state index < -0.39 is 41.3 Å². The number of rotatable bonds is 7. The fraction of sp³-hybridized carbons (Fsp3) is 0.200. The zero-order valence-corrected chi connectivity index (χ0v) is 24.3. The fourth-order valence-corrected chi connectivity index (χ4v) is 7.77. The molecule has 44 heavy (non-hydrogen) atoms. The Kier molecular flexibility index (Phi) is 7.72. The number of methoxy groups -OCH3 is 1. The van der Waals surface area contributed by atoms with Crippen molar-refractivity contribution in [3.8, 4) is 11.5 Å². The van der Waals surface area contributed by atoms with Gasteiger partial charge in [0.15, 0.2) is 6.61 Å². The average molecular weight is 642 g/mol. The number of thiazole rings is 1. The van der Waals surface area contributed by atoms with Gasteiger partial charge in [-0.1, -0.05) is 41.3 Å². The number of aromatic amines is 1. The summed E-state index contributed by atoms with van der Waals surface area (Å²) in [5, 5.41) is 2.16. The van der Waals surface area contributed by atoms with Crippen LogP contribution in [0.4, 0.5) is 24.5 Å². The zero-order chi connectivity index (χ0) is 31.2. The number of halogens is 3. The number of fused-ring (bicyclic) bond motifs is 2. The standard InChI is InChI=1S/C30H22F3N3O6S2/c1-41-19-11-7-18(8-12-19)36-27(38)23-22(24-26(35-29(40)44-24)43-25(23)28(36)39)15-5-9-20(10-6-15)42-14-21(37)34-17-4-2-3-16(13-17)30(31,32)33/h2-13,22-23,25H,14H2,1H3,(H,34,37)(H,35,40)/t22-,23-,25+/m0/s1. The highest BCUT2D eigenvalue weighted by molar-refractivity contribution is 8.00. The van der Waals surface area contributed by atoms with Crippen molar-refractivity contribution in [2.24, 2.45) is 5.92 Å². The maximum Gasteiger partial charge on any atom is 0.416 e. The normalized spacial score (nSPS) is 19.4. The summed E-state index contributed by atoms with van der Waals surface area (Å²) in [6.07, 6.45) is -4.54. The number of nitrogens with zero attached hydrogens (tertiary/aromatic N) is 1. The van der Waals surface area contributed by atoms with Crippen LogP contribution in [0.3, 0.4) is 0 Å². The fourth-order valence-electron chi connectivity index (χ4n) is 5.25. The number of nitrogens with one attached hydrogen (secondary N) is 2. The number of carbonyl (C=O) groups excluding carboxylic acids is 3. The Morgan fingerprint density at radius 3 is 2.36 bits per heavy atom. The molecule has 4 aromatic rings. The van der Waals surface area contributed by atoms with Gasteiger partial charge in [0.25, 0.3) is 5.91 Å². The Labute approximate surface area is 256 Å². The predicted octanol–water partition coefficient (Wildman–Crippen LogP) is 5.28. The molecule has 0 saturated carbocycles. The van der Waals surface area contributed by atoms with Crippen molar-refractivity contribution in [3.05, 3.63) is 98.5 Å². The number of alkyl halides is 3. The molecule has 3 heterocycles. The molecule has 0 radical (unpaired) electrons. The van der Waals surface area contributed by atoms with Gasteiger partial charge < -0.3 is 19.8 Å². The number of hydrogen-bond acceptors (Lipinski definition) is 8. The third-order valence-corrected chi connectivity index (χ3v) is 9.64. The van der Waals surface area contributed by atoms with E-state index in [1.54, 1.807) is 48.5 Å². The first-order chi connectivity index (χ1) is 21.0. The summed E-state index contributed by atoms with van der Waals surface area (Å²) in [4.78, 5) is 56.3. The van der Waals surface area contributed by atoms with E-state index in [2.05, 4.69) is 10.3 Å². The monoisotopic (exact) mass is 641 g/mol. The van der Waals surface area contributed by atoms with Crippen LogP contribution in [0.25, 0.3) is 0 Å². The van der Waals surface area contributed by atoms with Crippen molar-refractivity contribution in [2.75, 3.05) is 23.9 Å². The van der Waals surface area contributed by atoms with Crippen molar-refractivity contribution in [3.63, 3.8) is 0 Å². The van der Waals surface area contributed by atoms with Crippen LogP contribution in [0.5, 0.6) is 11.5 Å². The molecule has 0 spiro atoms. The minimum atomic E-state index is -4.54. The second-order valence-electron chi connectivity index (χ2n) is 9.94. The lowest BCUT2D eigenvalue weighted by Gasteiger charge is -2.29. The van der Waals surface area contributed by atoms with E-state index >= 15 is 0 Å². The smallest absolute Gasteiger partial charge is 0.416 e. The number of hydrogen-bond donors (Lipinski definition) is 2. The molecule has 3 amide bonds. The summed E-state index contributed by atoms with van der Waals surface area (Å²) in [6, 6.07) is 17.4. The second-order valence-corrected chi connectivity index (χ2v) is 12.1. The molecule has 14 heteroatoms. The molecule has 9 nitrogen and oxygen atoms in total. The van der Waals surface area contributed by atoms with E-state index in [0.717, 1.165) is 23.5 Å². The van der Waals surface area contributed by atoms with Crippen LogP contribution in [0, 0.1) is 5.92 Å². The van der Waals surface area contributed by atoms with Gasteiger partial charge in [-0.15, -0.1) is 0 Å². The molecule has 1 fully saturated rings. The maximum absolute atomic E-state index is 13.8. The van der Waals surface area contributed by atoms with Gasteiger partial charge in [0.05, 0.1) is 29.3 Å². The Balaban J connectivity index is 1.21. The number of H-pyrrole nitrogens is 1. The van der Waals surface area contributed by atoms with Gasteiger partial charge in [-0.05, 0) is 60.2 Å². The van der Waals surface area contributed by atoms with Crippen LogP contribution in [0.1, 0.15) is 21.9 Å². The van der Waals surface area contributed by atoms with Gasteiger partial charge in [0.2, 0.25) is 11.8 Å². The Hall–Kier alpha value is -4.56. The molecule has 2 N–H and O–H groups in total. The molecule has 3 aromatic carbocycles. The molecule has 0 unspecified atom stereocenters. The van der Waals surface area contributed by atoms with Crippen molar-refractivity contribution >= 4 is 52.2 Å². The number of carbonyl (C=O) groups is 3. The van der Waals surface area contributed by atoms with E-state index in [4.69, 9.17) is 9.47 Å². The van der Waals surface area contributed by atoms with E-state index in [1.807, 2.05) is 0 Å². The molecule has 1 saturated heterocycles. The summed E-state index contributed by atoms with van der Waals surface area (Å²) in [7, 11) is 1.52. The molecule has 1 aromatic heterocycles. The van der Waals surface area contributed by atoms with Crippen molar-refractivity contribution in [1.29, 1.82) is 0 Å². The lowest BCUT2D eigenvalue weighted by atomic mass is 9.83. The average Bonchev–Trinajstić information content (AvgIpc) is 3.50. The summed E-state index contributed by atoms with van der Waals surface area (Å²) in [6.45, 7) is -0.465. The van der Waals surface area contributed by atoms with Crippen LogP contribution in [-0.4, -0.2) is 41.7 Å². The second kappa shape index (κ2) is 11.5. The highest BCUT2D eigenvalue weighted by atomic mass is 32.2. The first-order valence-corrected chi connectivity index (χ1v) is 14.8. The minimum Gasteiger partial charge on any atom is -0.497 e. The van der Waals surface area contributed by atoms with E-state index in [1.165, 1.54) is 35.9 Å². The lowest BCUT2D eigenvalue weighted by molar-refractivity contribution is -0.137. The van der Waals surface area contributed by atoms with Crippen LogP contribution in [0.15, 0.2) is 82.6 Å². The number of aromatic nitrogens is 1.